The Morgan fingerprint density at radius 3 is 2.12 bits per heavy atom. The fourth-order valence-electron chi connectivity index (χ4n) is 2.83. The highest BCUT2D eigenvalue weighted by molar-refractivity contribution is 8.00. The predicted octanol–water partition coefficient (Wildman–Crippen LogP) is 5.16. The van der Waals surface area contributed by atoms with Crippen LogP contribution in [0.25, 0.3) is 0 Å². The van der Waals surface area contributed by atoms with Crippen LogP contribution in [0.3, 0.4) is 0 Å². The Morgan fingerprint density at radius 2 is 1.47 bits per heavy atom. The van der Waals surface area contributed by atoms with Gasteiger partial charge in [0.05, 0.1) is 10.8 Å². The van der Waals surface area contributed by atoms with E-state index in [-0.39, 0.29) is 17.4 Å². The minimum absolute atomic E-state index is 0.0391. The van der Waals surface area contributed by atoms with Crippen LogP contribution in [0.15, 0.2) is 77.7 Å². The van der Waals surface area contributed by atoms with Gasteiger partial charge in [-0.1, -0.05) is 18.2 Å². The standard InChI is InChI=1S/C24H22FN3O3S/c1-15(23(30)27-18-12-10-17(11-13-18)26-16(2)29)32-20-7-5-6-19(14-20)28-24(31)21-8-3-4-9-22(21)25/h3-15H,1-2H3,(H,26,29)(H,27,30)(H,28,31). The largest absolute Gasteiger partial charge is 0.326 e. The molecule has 0 bridgehead atoms. The Hall–Kier alpha value is -3.65. The summed E-state index contributed by atoms with van der Waals surface area (Å²) >= 11 is 1.33. The maximum atomic E-state index is 13.8. The molecule has 3 amide bonds. The number of halogens is 1. The molecule has 3 N–H and O–H groups in total. The van der Waals surface area contributed by atoms with Gasteiger partial charge in [-0.2, -0.15) is 0 Å². The van der Waals surface area contributed by atoms with E-state index < -0.39 is 17.0 Å². The average Bonchev–Trinajstić information content (AvgIpc) is 2.75. The van der Waals surface area contributed by atoms with Gasteiger partial charge in [0.2, 0.25) is 11.8 Å². The highest BCUT2D eigenvalue weighted by Crippen LogP contribution is 2.27. The Labute approximate surface area is 189 Å². The third-order valence-electron chi connectivity index (χ3n) is 4.37. The van der Waals surface area contributed by atoms with Gasteiger partial charge < -0.3 is 16.0 Å². The van der Waals surface area contributed by atoms with Crippen LogP contribution in [-0.4, -0.2) is 23.0 Å². The van der Waals surface area contributed by atoms with Gasteiger partial charge in [0, 0.05) is 28.9 Å². The number of carbonyl (C=O) groups is 3. The highest BCUT2D eigenvalue weighted by Gasteiger charge is 2.16. The molecule has 0 aromatic heterocycles. The highest BCUT2D eigenvalue weighted by atomic mass is 32.2. The van der Waals surface area contributed by atoms with Crippen LogP contribution in [0, 0.1) is 5.82 Å². The number of nitrogens with one attached hydrogen (secondary N) is 3. The lowest BCUT2D eigenvalue weighted by atomic mass is 10.2. The molecule has 0 radical (unpaired) electrons. The lowest BCUT2D eigenvalue weighted by molar-refractivity contribution is -0.115. The van der Waals surface area contributed by atoms with Crippen molar-refractivity contribution < 1.29 is 18.8 Å². The molecule has 0 saturated carbocycles. The first-order valence-corrected chi connectivity index (χ1v) is 10.7. The normalized spacial score (nSPS) is 11.3. The zero-order valence-electron chi connectivity index (χ0n) is 17.5. The van der Waals surface area contributed by atoms with E-state index in [0.717, 1.165) is 4.90 Å². The Bertz CT molecular complexity index is 1140. The van der Waals surface area contributed by atoms with Crippen LogP contribution in [0.5, 0.6) is 0 Å². The molecule has 164 valence electrons. The molecular formula is C24H22FN3O3S. The minimum Gasteiger partial charge on any atom is -0.326 e. The maximum Gasteiger partial charge on any atom is 0.258 e. The summed E-state index contributed by atoms with van der Waals surface area (Å²) in [6.07, 6.45) is 0. The molecule has 3 aromatic carbocycles. The number of carbonyl (C=O) groups excluding carboxylic acids is 3. The number of rotatable bonds is 7. The summed E-state index contributed by atoms with van der Waals surface area (Å²) in [6, 6.07) is 19.6. The zero-order chi connectivity index (χ0) is 23.1. The molecule has 1 unspecified atom stereocenters. The van der Waals surface area contributed by atoms with Crippen LogP contribution in [0.2, 0.25) is 0 Å². The number of amides is 3. The van der Waals surface area contributed by atoms with Crippen molar-refractivity contribution in [3.63, 3.8) is 0 Å². The van der Waals surface area contributed by atoms with E-state index >= 15 is 0 Å². The summed E-state index contributed by atoms with van der Waals surface area (Å²) in [6.45, 7) is 3.20. The second kappa shape index (κ2) is 10.6. The summed E-state index contributed by atoms with van der Waals surface area (Å²) < 4.78 is 13.8. The number of hydrogen-bond acceptors (Lipinski definition) is 4. The molecule has 0 heterocycles. The molecule has 0 saturated heterocycles. The molecule has 0 spiro atoms. The van der Waals surface area contributed by atoms with Crippen molar-refractivity contribution in [1.82, 2.24) is 0 Å². The minimum atomic E-state index is -0.592. The van der Waals surface area contributed by atoms with Crippen LogP contribution < -0.4 is 16.0 Å². The Balaban J connectivity index is 1.59. The summed E-state index contributed by atoms with van der Waals surface area (Å²) in [5.74, 6) is -1.49. The zero-order valence-corrected chi connectivity index (χ0v) is 18.3. The maximum absolute atomic E-state index is 13.8. The van der Waals surface area contributed by atoms with Crippen LogP contribution in [0.4, 0.5) is 21.5 Å². The number of hydrogen-bond donors (Lipinski definition) is 3. The average molecular weight is 452 g/mol. The molecular weight excluding hydrogens is 429 g/mol. The molecule has 0 aliphatic carbocycles. The van der Waals surface area contributed by atoms with E-state index in [1.807, 2.05) is 6.07 Å². The first-order valence-electron chi connectivity index (χ1n) is 9.83. The van der Waals surface area contributed by atoms with Crippen molar-refractivity contribution in [3.8, 4) is 0 Å². The predicted molar refractivity (Wildman–Crippen MR) is 125 cm³/mol. The van der Waals surface area contributed by atoms with Gasteiger partial charge in [-0.05, 0) is 61.5 Å². The van der Waals surface area contributed by atoms with Gasteiger partial charge in [0.1, 0.15) is 5.82 Å². The molecule has 6 nitrogen and oxygen atoms in total. The molecule has 1 atom stereocenters. The summed E-state index contributed by atoms with van der Waals surface area (Å²) in [4.78, 5) is 36.7. The van der Waals surface area contributed by atoms with Crippen molar-refractivity contribution in [2.45, 2.75) is 24.0 Å². The fraction of sp³-hybridized carbons (Fsp3) is 0.125. The molecule has 32 heavy (non-hydrogen) atoms. The molecule has 0 aliphatic rings. The number of anilines is 3. The molecule has 3 rings (SSSR count). The van der Waals surface area contributed by atoms with Gasteiger partial charge in [-0.3, -0.25) is 14.4 Å². The topological polar surface area (TPSA) is 87.3 Å². The summed E-state index contributed by atoms with van der Waals surface area (Å²) in [5, 5.41) is 7.76. The third kappa shape index (κ3) is 6.42. The molecule has 3 aromatic rings. The van der Waals surface area contributed by atoms with Crippen molar-refractivity contribution in [2.75, 3.05) is 16.0 Å². The smallest absolute Gasteiger partial charge is 0.258 e. The van der Waals surface area contributed by atoms with E-state index in [9.17, 15) is 18.8 Å². The first kappa shape index (κ1) is 23.0. The van der Waals surface area contributed by atoms with E-state index in [2.05, 4.69) is 16.0 Å². The fourth-order valence-corrected chi connectivity index (χ4v) is 3.76. The quantitative estimate of drug-likeness (QED) is 0.433. The van der Waals surface area contributed by atoms with Crippen molar-refractivity contribution >= 4 is 46.5 Å². The van der Waals surface area contributed by atoms with Gasteiger partial charge in [0.15, 0.2) is 0 Å². The summed E-state index contributed by atoms with van der Waals surface area (Å²) in [7, 11) is 0. The van der Waals surface area contributed by atoms with Crippen molar-refractivity contribution in [3.05, 3.63) is 84.2 Å². The number of thioether (sulfide) groups is 1. The summed E-state index contributed by atoms with van der Waals surface area (Å²) in [5.41, 5.74) is 1.72. The molecule has 0 fully saturated rings. The van der Waals surface area contributed by atoms with Gasteiger partial charge >= 0.3 is 0 Å². The van der Waals surface area contributed by atoms with Crippen molar-refractivity contribution in [1.29, 1.82) is 0 Å². The first-order chi connectivity index (χ1) is 15.3. The van der Waals surface area contributed by atoms with Gasteiger partial charge in [0.25, 0.3) is 5.91 Å². The molecule has 0 aliphatic heterocycles. The van der Waals surface area contributed by atoms with Gasteiger partial charge in [-0.15, -0.1) is 11.8 Å². The van der Waals surface area contributed by atoms with E-state index in [1.165, 1.54) is 36.9 Å². The Kier molecular flexibility index (Phi) is 7.62. The second-order valence-corrected chi connectivity index (χ2v) is 8.38. The lowest BCUT2D eigenvalue weighted by Gasteiger charge is -2.13. The van der Waals surface area contributed by atoms with E-state index in [0.29, 0.717) is 17.1 Å². The van der Waals surface area contributed by atoms with Crippen LogP contribution in [0.1, 0.15) is 24.2 Å². The number of benzene rings is 3. The van der Waals surface area contributed by atoms with E-state index in [1.54, 1.807) is 55.5 Å². The van der Waals surface area contributed by atoms with Crippen molar-refractivity contribution in [2.24, 2.45) is 0 Å². The lowest BCUT2D eigenvalue weighted by Crippen LogP contribution is -2.22. The van der Waals surface area contributed by atoms with E-state index in [4.69, 9.17) is 0 Å². The third-order valence-corrected chi connectivity index (χ3v) is 5.46. The van der Waals surface area contributed by atoms with Crippen LogP contribution in [-0.2, 0) is 9.59 Å². The Morgan fingerprint density at radius 1 is 0.812 bits per heavy atom. The second-order valence-electron chi connectivity index (χ2n) is 6.97. The molecule has 8 heteroatoms. The SMILES string of the molecule is CC(=O)Nc1ccc(NC(=O)C(C)Sc2cccc(NC(=O)c3ccccc3F)c2)cc1. The monoisotopic (exact) mass is 451 g/mol. The van der Waals surface area contributed by atoms with Crippen LogP contribution >= 0.6 is 11.8 Å². The van der Waals surface area contributed by atoms with Gasteiger partial charge in [-0.25, -0.2) is 4.39 Å².